The van der Waals surface area contributed by atoms with E-state index in [1.54, 1.807) is 11.4 Å². The Bertz CT molecular complexity index is 1030. The molecule has 1 heterocycles. The minimum absolute atomic E-state index is 0.145. The lowest BCUT2D eigenvalue weighted by Crippen LogP contribution is -2.41. The van der Waals surface area contributed by atoms with Gasteiger partial charge in [0.15, 0.2) is 0 Å². The van der Waals surface area contributed by atoms with Crippen LogP contribution in [0.15, 0.2) is 42.5 Å². The second kappa shape index (κ2) is 8.56. The van der Waals surface area contributed by atoms with Crippen LogP contribution in [-0.4, -0.2) is 38.7 Å². The van der Waals surface area contributed by atoms with Crippen LogP contribution in [0.1, 0.15) is 54.9 Å². The molecule has 0 N–H and O–H groups in total. The molecule has 0 aromatic heterocycles. The van der Waals surface area contributed by atoms with E-state index >= 15 is 0 Å². The molecule has 4 nitrogen and oxygen atoms in total. The summed E-state index contributed by atoms with van der Waals surface area (Å²) in [6, 6.07) is 14.9. The third-order valence-corrected chi connectivity index (χ3v) is 8.55. The van der Waals surface area contributed by atoms with Gasteiger partial charge in [0.2, 0.25) is 10.0 Å². The number of hydrogen-bond acceptors (Lipinski definition) is 3. The summed E-state index contributed by atoms with van der Waals surface area (Å²) in [6.07, 6.45) is 6.12. The lowest BCUT2D eigenvalue weighted by molar-refractivity contribution is 0.255. The van der Waals surface area contributed by atoms with Crippen molar-refractivity contribution in [1.82, 2.24) is 4.31 Å². The maximum absolute atomic E-state index is 12.7. The monoisotopic (exact) mass is 425 g/mol. The molecule has 1 atom stereocenters. The number of ether oxygens (including phenoxy) is 1. The molecule has 0 radical (unpaired) electrons. The number of rotatable bonds is 5. The predicted molar refractivity (Wildman–Crippen MR) is 123 cm³/mol. The second-order valence-electron chi connectivity index (χ2n) is 8.84. The molecular weight excluding hydrogens is 394 g/mol. The van der Waals surface area contributed by atoms with Gasteiger partial charge >= 0.3 is 0 Å². The fourth-order valence-corrected chi connectivity index (χ4v) is 6.74. The topological polar surface area (TPSA) is 46.6 Å². The van der Waals surface area contributed by atoms with E-state index in [2.05, 4.69) is 48.6 Å². The third-order valence-electron chi connectivity index (χ3n) is 6.31. The summed E-state index contributed by atoms with van der Waals surface area (Å²) < 4.78 is 32.7. The zero-order valence-corrected chi connectivity index (χ0v) is 18.9. The second-order valence-corrected chi connectivity index (χ2v) is 10.9. The first-order chi connectivity index (χ1) is 14.4. The smallest absolute Gasteiger partial charge is 0.214 e. The summed E-state index contributed by atoms with van der Waals surface area (Å²) in [6.45, 7) is 5.13. The largest absolute Gasteiger partial charge is 0.497 e. The minimum atomic E-state index is -3.17. The van der Waals surface area contributed by atoms with Gasteiger partial charge in [-0.3, -0.25) is 0 Å². The molecule has 2 aromatic carbocycles. The fourth-order valence-electron chi connectivity index (χ4n) is 4.92. The Morgan fingerprint density at radius 3 is 2.33 bits per heavy atom. The molecule has 4 rings (SSSR count). The quantitative estimate of drug-likeness (QED) is 0.677. The van der Waals surface area contributed by atoms with Gasteiger partial charge in [-0.1, -0.05) is 56.3 Å². The summed E-state index contributed by atoms with van der Waals surface area (Å²) >= 11 is 0. The van der Waals surface area contributed by atoms with Crippen molar-refractivity contribution in [2.75, 3.05) is 26.0 Å². The molecule has 2 aliphatic rings. The number of sulfonamides is 1. The molecule has 30 heavy (non-hydrogen) atoms. The first-order valence-corrected chi connectivity index (χ1v) is 12.4. The average Bonchev–Trinajstić information content (AvgIpc) is 2.89. The van der Waals surface area contributed by atoms with Crippen molar-refractivity contribution in [2.45, 2.75) is 32.6 Å². The van der Waals surface area contributed by atoms with Gasteiger partial charge in [0.25, 0.3) is 0 Å². The molecule has 0 bridgehead atoms. The molecule has 0 amide bonds. The molecule has 0 saturated carbocycles. The van der Waals surface area contributed by atoms with Crippen molar-refractivity contribution < 1.29 is 13.2 Å². The summed E-state index contributed by atoms with van der Waals surface area (Å²) in [5.41, 5.74) is 5.06. The van der Waals surface area contributed by atoms with Crippen LogP contribution in [-0.2, 0) is 10.0 Å². The van der Waals surface area contributed by atoms with Crippen molar-refractivity contribution in [2.24, 2.45) is 11.8 Å². The molecule has 0 spiro atoms. The lowest BCUT2D eigenvalue weighted by Gasteiger charge is -2.37. The SMILES string of the molecule is COc1ccc2c(c1)C(C1CCN(S(=O)(=O)CC(C)C)CC1)c1ccccc1C=C2. The van der Waals surface area contributed by atoms with Crippen LogP contribution < -0.4 is 4.74 Å². The van der Waals surface area contributed by atoms with Crippen LogP contribution in [0.2, 0.25) is 0 Å². The number of piperidine rings is 1. The summed E-state index contributed by atoms with van der Waals surface area (Å²) in [4.78, 5) is 0. The van der Waals surface area contributed by atoms with Crippen LogP contribution in [0.25, 0.3) is 12.2 Å². The normalized spacial score (nSPS) is 19.9. The average molecular weight is 426 g/mol. The van der Waals surface area contributed by atoms with Crippen LogP contribution in [0, 0.1) is 11.8 Å². The van der Waals surface area contributed by atoms with Crippen LogP contribution in [0.5, 0.6) is 5.75 Å². The van der Waals surface area contributed by atoms with E-state index in [0.29, 0.717) is 19.0 Å². The minimum Gasteiger partial charge on any atom is -0.497 e. The Morgan fingerprint density at radius 2 is 1.67 bits per heavy atom. The van der Waals surface area contributed by atoms with E-state index < -0.39 is 10.0 Å². The van der Waals surface area contributed by atoms with Gasteiger partial charge in [0.1, 0.15) is 5.75 Å². The van der Waals surface area contributed by atoms with Crippen molar-refractivity contribution in [3.63, 3.8) is 0 Å². The first kappa shape index (κ1) is 21.1. The maximum Gasteiger partial charge on any atom is 0.214 e. The predicted octanol–water partition coefficient (Wildman–Crippen LogP) is 5.01. The van der Waals surface area contributed by atoms with E-state index in [1.165, 1.54) is 22.3 Å². The number of methoxy groups -OCH3 is 1. The molecule has 1 aliphatic carbocycles. The van der Waals surface area contributed by atoms with E-state index in [-0.39, 0.29) is 17.6 Å². The lowest BCUT2D eigenvalue weighted by atomic mass is 9.74. The Balaban J connectivity index is 1.67. The van der Waals surface area contributed by atoms with Crippen molar-refractivity contribution in [3.05, 3.63) is 64.7 Å². The van der Waals surface area contributed by atoms with Gasteiger partial charge in [0.05, 0.1) is 12.9 Å². The van der Waals surface area contributed by atoms with Crippen molar-refractivity contribution in [3.8, 4) is 5.75 Å². The summed E-state index contributed by atoms with van der Waals surface area (Å²) in [5.74, 6) is 1.86. The maximum atomic E-state index is 12.7. The van der Waals surface area contributed by atoms with E-state index in [9.17, 15) is 8.42 Å². The first-order valence-electron chi connectivity index (χ1n) is 10.8. The molecule has 2 aromatic rings. The highest BCUT2D eigenvalue weighted by Crippen LogP contribution is 2.44. The third kappa shape index (κ3) is 4.19. The van der Waals surface area contributed by atoms with Gasteiger partial charge in [-0.05, 0) is 59.1 Å². The molecule has 1 fully saturated rings. The molecule has 5 heteroatoms. The Hall–Kier alpha value is -2.11. The Morgan fingerprint density at radius 1 is 1.00 bits per heavy atom. The summed E-state index contributed by atoms with van der Waals surface area (Å²) in [5, 5.41) is 0. The molecule has 1 aliphatic heterocycles. The zero-order chi connectivity index (χ0) is 21.3. The molecule has 1 saturated heterocycles. The fraction of sp³-hybridized carbons (Fsp3) is 0.440. The van der Waals surface area contributed by atoms with Crippen molar-refractivity contribution >= 4 is 22.2 Å². The molecular formula is C25H31NO3S. The highest BCUT2D eigenvalue weighted by molar-refractivity contribution is 7.89. The van der Waals surface area contributed by atoms with E-state index in [4.69, 9.17) is 4.74 Å². The standard InChI is InChI=1S/C25H31NO3S/c1-18(2)17-30(27,28)26-14-12-21(13-15-26)25-23-7-5-4-6-19(23)8-9-20-10-11-22(29-3)16-24(20)25/h4-11,16,18,21,25H,12-15,17H2,1-3H3. The van der Waals surface area contributed by atoms with Gasteiger partial charge in [-0.25, -0.2) is 12.7 Å². The summed E-state index contributed by atoms with van der Waals surface area (Å²) in [7, 11) is -1.47. The van der Waals surface area contributed by atoms with Gasteiger partial charge < -0.3 is 4.74 Å². The van der Waals surface area contributed by atoms with Gasteiger partial charge in [-0.15, -0.1) is 0 Å². The van der Waals surface area contributed by atoms with Crippen LogP contribution in [0.3, 0.4) is 0 Å². The Labute approximate surface area is 180 Å². The van der Waals surface area contributed by atoms with Crippen LogP contribution in [0.4, 0.5) is 0 Å². The zero-order valence-electron chi connectivity index (χ0n) is 18.0. The Kier molecular flexibility index (Phi) is 6.03. The highest BCUT2D eigenvalue weighted by atomic mass is 32.2. The van der Waals surface area contributed by atoms with E-state index in [0.717, 1.165) is 18.6 Å². The number of benzene rings is 2. The van der Waals surface area contributed by atoms with Gasteiger partial charge in [-0.2, -0.15) is 0 Å². The number of fused-ring (bicyclic) bond motifs is 2. The van der Waals surface area contributed by atoms with Crippen molar-refractivity contribution in [1.29, 1.82) is 0 Å². The number of nitrogens with zero attached hydrogens (tertiary/aromatic N) is 1. The van der Waals surface area contributed by atoms with Crippen LogP contribution >= 0.6 is 0 Å². The number of hydrogen-bond donors (Lipinski definition) is 0. The molecule has 1 unspecified atom stereocenters. The van der Waals surface area contributed by atoms with Gasteiger partial charge in [0, 0.05) is 19.0 Å². The van der Waals surface area contributed by atoms with E-state index in [1.807, 2.05) is 19.9 Å². The highest BCUT2D eigenvalue weighted by Gasteiger charge is 2.35. The molecule has 160 valence electrons.